The SMILES string of the molecule is Cc1ccccc1CSc1nnc(-c2ccc(C(C)(C)C)cc2)n1-c1ccccc1. The Morgan fingerprint density at radius 2 is 1.47 bits per heavy atom. The lowest BCUT2D eigenvalue weighted by Gasteiger charge is -2.19. The lowest BCUT2D eigenvalue weighted by Crippen LogP contribution is -2.10. The third kappa shape index (κ3) is 4.34. The Labute approximate surface area is 183 Å². The van der Waals surface area contributed by atoms with Crippen molar-refractivity contribution in [3.8, 4) is 17.1 Å². The maximum Gasteiger partial charge on any atom is 0.196 e. The van der Waals surface area contributed by atoms with E-state index in [1.165, 1.54) is 16.7 Å². The Morgan fingerprint density at radius 1 is 0.800 bits per heavy atom. The molecule has 0 spiro atoms. The van der Waals surface area contributed by atoms with Gasteiger partial charge in [0, 0.05) is 17.0 Å². The van der Waals surface area contributed by atoms with Gasteiger partial charge in [-0.25, -0.2) is 0 Å². The van der Waals surface area contributed by atoms with E-state index < -0.39 is 0 Å². The van der Waals surface area contributed by atoms with Crippen molar-refractivity contribution >= 4 is 11.8 Å². The number of nitrogens with zero attached hydrogens (tertiary/aromatic N) is 3. The quantitative estimate of drug-likeness (QED) is 0.336. The van der Waals surface area contributed by atoms with Crippen molar-refractivity contribution < 1.29 is 0 Å². The Morgan fingerprint density at radius 3 is 2.13 bits per heavy atom. The number of aryl methyl sites for hydroxylation is 1. The molecular weight excluding hydrogens is 386 g/mol. The minimum Gasteiger partial charge on any atom is -0.270 e. The number of aromatic nitrogens is 3. The molecule has 0 saturated heterocycles. The van der Waals surface area contributed by atoms with Crippen LogP contribution in [0.3, 0.4) is 0 Å². The maximum atomic E-state index is 4.58. The Bertz CT molecular complexity index is 1120. The van der Waals surface area contributed by atoms with Crippen LogP contribution < -0.4 is 0 Å². The molecule has 0 radical (unpaired) electrons. The molecule has 0 unspecified atom stereocenters. The van der Waals surface area contributed by atoms with Crippen LogP contribution in [0.1, 0.15) is 37.5 Å². The number of hydrogen-bond donors (Lipinski definition) is 0. The predicted molar refractivity (Wildman–Crippen MR) is 126 cm³/mol. The summed E-state index contributed by atoms with van der Waals surface area (Å²) in [6, 6.07) is 27.5. The lowest BCUT2D eigenvalue weighted by molar-refractivity contribution is 0.590. The molecule has 152 valence electrons. The van der Waals surface area contributed by atoms with Crippen molar-refractivity contribution in [2.45, 2.75) is 44.0 Å². The smallest absolute Gasteiger partial charge is 0.196 e. The molecule has 0 aliphatic rings. The van der Waals surface area contributed by atoms with Gasteiger partial charge in [0.05, 0.1) is 0 Å². The van der Waals surface area contributed by atoms with Crippen LogP contribution in [0.15, 0.2) is 84.0 Å². The lowest BCUT2D eigenvalue weighted by atomic mass is 9.87. The minimum absolute atomic E-state index is 0.125. The zero-order valence-electron chi connectivity index (χ0n) is 18.0. The highest BCUT2D eigenvalue weighted by Gasteiger charge is 2.18. The molecule has 0 amide bonds. The molecule has 0 saturated carbocycles. The third-order valence-electron chi connectivity index (χ3n) is 5.27. The Hall–Kier alpha value is -2.85. The molecule has 1 aromatic heterocycles. The molecule has 30 heavy (non-hydrogen) atoms. The Kier molecular flexibility index (Phi) is 5.78. The summed E-state index contributed by atoms with van der Waals surface area (Å²) in [6.45, 7) is 8.85. The topological polar surface area (TPSA) is 30.7 Å². The highest BCUT2D eigenvalue weighted by atomic mass is 32.2. The van der Waals surface area contributed by atoms with Crippen molar-refractivity contribution in [1.82, 2.24) is 14.8 Å². The van der Waals surface area contributed by atoms with Crippen molar-refractivity contribution in [3.63, 3.8) is 0 Å². The van der Waals surface area contributed by atoms with Gasteiger partial charge in [-0.05, 0) is 41.2 Å². The summed E-state index contributed by atoms with van der Waals surface area (Å²) in [4.78, 5) is 0. The van der Waals surface area contributed by atoms with Gasteiger partial charge in [-0.15, -0.1) is 10.2 Å². The molecule has 0 fully saturated rings. The summed E-state index contributed by atoms with van der Waals surface area (Å²) in [6.07, 6.45) is 0. The predicted octanol–water partition coefficient (Wildman–Crippen LogP) is 6.83. The van der Waals surface area contributed by atoms with E-state index in [-0.39, 0.29) is 5.41 Å². The summed E-state index contributed by atoms with van der Waals surface area (Å²) in [7, 11) is 0. The molecule has 0 atom stereocenters. The summed E-state index contributed by atoms with van der Waals surface area (Å²) in [5.74, 6) is 1.73. The van der Waals surface area contributed by atoms with Crippen molar-refractivity contribution in [1.29, 1.82) is 0 Å². The maximum absolute atomic E-state index is 4.58. The van der Waals surface area contributed by atoms with Gasteiger partial charge >= 0.3 is 0 Å². The van der Waals surface area contributed by atoms with Gasteiger partial charge in [0.2, 0.25) is 0 Å². The first-order chi connectivity index (χ1) is 14.4. The van der Waals surface area contributed by atoms with E-state index in [1.807, 2.05) is 6.07 Å². The summed E-state index contributed by atoms with van der Waals surface area (Å²) >= 11 is 1.72. The number of para-hydroxylation sites is 1. The van der Waals surface area contributed by atoms with E-state index in [0.717, 1.165) is 28.0 Å². The van der Waals surface area contributed by atoms with E-state index in [0.29, 0.717) is 0 Å². The average molecular weight is 414 g/mol. The third-order valence-corrected chi connectivity index (χ3v) is 6.25. The summed E-state index contributed by atoms with van der Waals surface area (Å²) in [5, 5.41) is 10.0. The van der Waals surface area contributed by atoms with Crippen LogP contribution in [-0.4, -0.2) is 14.8 Å². The number of thioether (sulfide) groups is 1. The first-order valence-corrected chi connectivity index (χ1v) is 11.2. The van der Waals surface area contributed by atoms with Gasteiger partial charge in [0.25, 0.3) is 0 Å². The molecule has 4 heteroatoms. The second kappa shape index (κ2) is 8.49. The highest BCUT2D eigenvalue weighted by Crippen LogP contribution is 2.31. The van der Waals surface area contributed by atoms with Crippen LogP contribution in [0.2, 0.25) is 0 Å². The molecule has 3 nitrogen and oxygen atoms in total. The largest absolute Gasteiger partial charge is 0.270 e. The van der Waals surface area contributed by atoms with E-state index in [4.69, 9.17) is 0 Å². The van der Waals surface area contributed by atoms with E-state index >= 15 is 0 Å². The molecular formula is C26H27N3S. The average Bonchev–Trinajstić information content (AvgIpc) is 3.17. The number of hydrogen-bond acceptors (Lipinski definition) is 3. The van der Waals surface area contributed by atoms with Crippen LogP contribution in [-0.2, 0) is 11.2 Å². The molecule has 0 aliphatic heterocycles. The zero-order chi connectivity index (χ0) is 21.1. The van der Waals surface area contributed by atoms with E-state index in [9.17, 15) is 0 Å². The van der Waals surface area contributed by atoms with E-state index in [1.54, 1.807) is 11.8 Å². The standard InChI is InChI=1S/C26H27N3S/c1-19-10-8-9-11-21(19)18-30-25-28-27-24(29(25)23-12-6-5-7-13-23)20-14-16-22(17-15-20)26(2,3)4/h5-17H,18H2,1-4H3. The zero-order valence-corrected chi connectivity index (χ0v) is 18.8. The molecule has 1 heterocycles. The Balaban J connectivity index is 1.72. The summed E-state index contributed by atoms with van der Waals surface area (Å²) < 4.78 is 2.16. The van der Waals surface area contributed by atoms with Crippen LogP contribution in [0.25, 0.3) is 17.1 Å². The van der Waals surface area contributed by atoms with Crippen molar-refractivity contribution in [2.75, 3.05) is 0 Å². The summed E-state index contributed by atoms with van der Waals surface area (Å²) in [5.41, 5.74) is 6.20. The fourth-order valence-electron chi connectivity index (χ4n) is 3.39. The monoisotopic (exact) mass is 413 g/mol. The fraction of sp³-hybridized carbons (Fsp3) is 0.231. The first-order valence-electron chi connectivity index (χ1n) is 10.2. The van der Waals surface area contributed by atoms with Gasteiger partial charge in [0.15, 0.2) is 11.0 Å². The van der Waals surface area contributed by atoms with E-state index in [2.05, 4.69) is 115 Å². The second-order valence-corrected chi connectivity index (χ2v) is 9.46. The van der Waals surface area contributed by atoms with Crippen LogP contribution in [0, 0.1) is 6.92 Å². The van der Waals surface area contributed by atoms with Gasteiger partial charge < -0.3 is 0 Å². The highest BCUT2D eigenvalue weighted by molar-refractivity contribution is 7.98. The van der Waals surface area contributed by atoms with Crippen LogP contribution in [0.5, 0.6) is 0 Å². The molecule has 3 aromatic carbocycles. The van der Waals surface area contributed by atoms with Gasteiger partial charge in [-0.3, -0.25) is 4.57 Å². The molecule has 0 aliphatic carbocycles. The minimum atomic E-state index is 0.125. The first kappa shape index (κ1) is 20.4. The van der Waals surface area contributed by atoms with Gasteiger partial charge in [-0.2, -0.15) is 0 Å². The van der Waals surface area contributed by atoms with Crippen molar-refractivity contribution in [2.24, 2.45) is 0 Å². The van der Waals surface area contributed by atoms with Gasteiger partial charge in [-0.1, -0.05) is 99.3 Å². The normalized spacial score (nSPS) is 11.6. The molecule has 0 N–H and O–H groups in total. The van der Waals surface area contributed by atoms with Crippen LogP contribution >= 0.6 is 11.8 Å². The van der Waals surface area contributed by atoms with Crippen molar-refractivity contribution in [3.05, 3.63) is 95.6 Å². The molecule has 4 rings (SSSR count). The molecule has 0 bridgehead atoms. The van der Waals surface area contributed by atoms with Crippen LogP contribution in [0.4, 0.5) is 0 Å². The molecule has 4 aromatic rings. The number of benzene rings is 3. The second-order valence-electron chi connectivity index (χ2n) is 8.52. The van der Waals surface area contributed by atoms with Gasteiger partial charge in [0.1, 0.15) is 0 Å². The fourth-order valence-corrected chi connectivity index (χ4v) is 4.42. The number of rotatable bonds is 5.